The molecule has 1 aliphatic rings. The highest BCUT2D eigenvalue weighted by atomic mass is 32.2. The summed E-state index contributed by atoms with van der Waals surface area (Å²) < 4.78 is 23.3. The first-order valence-electron chi connectivity index (χ1n) is 10.3. The second kappa shape index (κ2) is 9.89. The van der Waals surface area contributed by atoms with Crippen molar-refractivity contribution in [2.75, 3.05) is 25.0 Å². The highest BCUT2D eigenvalue weighted by molar-refractivity contribution is 7.89. The molecule has 0 spiro atoms. The van der Waals surface area contributed by atoms with Crippen LogP contribution in [-0.2, 0) is 19.6 Å². The summed E-state index contributed by atoms with van der Waals surface area (Å²) in [5.41, 5.74) is 1.98. The first-order chi connectivity index (χ1) is 13.9. The van der Waals surface area contributed by atoms with Crippen LogP contribution in [0.15, 0.2) is 17.0 Å². The number of hydrogen-bond acceptors (Lipinski definition) is 5. The number of nitrogens with one attached hydrogen (secondary N) is 2. The third-order valence-corrected chi connectivity index (χ3v) is 6.83. The zero-order valence-corrected chi connectivity index (χ0v) is 19.3. The first kappa shape index (κ1) is 24.3. The Morgan fingerprint density at radius 3 is 2.30 bits per heavy atom. The number of anilines is 1. The lowest BCUT2D eigenvalue weighted by molar-refractivity contribution is -0.127. The Hall–Kier alpha value is -1.97. The Kier molecular flexibility index (Phi) is 8.01. The zero-order valence-electron chi connectivity index (χ0n) is 18.5. The molecule has 1 fully saturated rings. The lowest BCUT2D eigenvalue weighted by atomic mass is 9.95. The fourth-order valence-electron chi connectivity index (χ4n) is 3.38. The number of hydrogen-bond donors (Lipinski definition) is 3. The van der Waals surface area contributed by atoms with Gasteiger partial charge in [0.1, 0.15) is 0 Å². The van der Waals surface area contributed by atoms with Crippen molar-refractivity contribution in [3.63, 3.8) is 0 Å². The molecule has 0 aliphatic carbocycles. The standard InChI is InChI=1S/C21H34N4O4S/c1-13(2)16(5)23-21(27)17-6-8-25(9-7-17)12-20(26)24-19-11-18(30(22,28)29)10-14(3)15(19)4/h10-11,13,16-17H,6-9,12H2,1-5H3,(H,23,27)(H,24,26)(H2,22,28,29). The van der Waals surface area contributed by atoms with Crippen LogP contribution < -0.4 is 15.8 Å². The third kappa shape index (κ3) is 6.52. The molecule has 1 saturated heterocycles. The molecule has 0 aromatic heterocycles. The van der Waals surface area contributed by atoms with E-state index in [-0.39, 0.29) is 35.2 Å². The maximum absolute atomic E-state index is 12.5. The van der Waals surface area contributed by atoms with E-state index in [1.165, 1.54) is 12.1 Å². The zero-order chi connectivity index (χ0) is 22.6. The van der Waals surface area contributed by atoms with Gasteiger partial charge in [0.15, 0.2) is 0 Å². The van der Waals surface area contributed by atoms with Gasteiger partial charge in [-0.1, -0.05) is 13.8 Å². The number of benzene rings is 1. The van der Waals surface area contributed by atoms with E-state index in [9.17, 15) is 18.0 Å². The molecule has 0 radical (unpaired) electrons. The van der Waals surface area contributed by atoms with Crippen LogP contribution in [0.1, 0.15) is 44.7 Å². The predicted octanol–water partition coefficient (Wildman–Crippen LogP) is 1.76. The Morgan fingerprint density at radius 2 is 1.77 bits per heavy atom. The number of carbonyl (C=O) groups is 2. The van der Waals surface area contributed by atoms with Crippen LogP contribution in [0.5, 0.6) is 0 Å². The van der Waals surface area contributed by atoms with Crippen LogP contribution in [0.4, 0.5) is 5.69 Å². The number of nitrogens with zero attached hydrogens (tertiary/aromatic N) is 1. The number of aryl methyl sites for hydroxylation is 1. The third-order valence-electron chi connectivity index (χ3n) is 5.94. The van der Waals surface area contributed by atoms with Crippen molar-refractivity contribution in [3.05, 3.63) is 23.3 Å². The predicted molar refractivity (Wildman–Crippen MR) is 118 cm³/mol. The van der Waals surface area contributed by atoms with E-state index in [2.05, 4.69) is 24.5 Å². The minimum absolute atomic E-state index is 0.0247. The fourth-order valence-corrected chi connectivity index (χ4v) is 4.00. The molecule has 4 N–H and O–H groups in total. The summed E-state index contributed by atoms with van der Waals surface area (Å²) in [6.45, 7) is 11.3. The molecule has 1 aromatic rings. The molecule has 9 heteroatoms. The van der Waals surface area contributed by atoms with Crippen molar-refractivity contribution in [1.82, 2.24) is 10.2 Å². The van der Waals surface area contributed by atoms with Gasteiger partial charge in [-0.2, -0.15) is 0 Å². The summed E-state index contributed by atoms with van der Waals surface area (Å²) in [4.78, 5) is 26.9. The summed E-state index contributed by atoms with van der Waals surface area (Å²) in [6, 6.07) is 3.03. The molecule has 1 heterocycles. The second-order valence-electron chi connectivity index (χ2n) is 8.60. The van der Waals surface area contributed by atoms with Gasteiger partial charge in [-0.15, -0.1) is 0 Å². The Morgan fingerprint density at radius 1 is 1.17 bits per heavy atom. The topological polar surface area (TPSA) is 122 Å². The quantitative estimate of drug-likeness (QED) is 0.599. The molecule has 8 nitrogen and oxygen atoms in total. The van der Waals surface area contributed by atoms with E-state index in [4.69, 9.17) is 5.14 Å². The van der Waals surface area contributed by atoms with Gasteiger partial charge in [0.25, 0.3) is 0 Å². The molecule has 30 heavy (non-hydrogen) atoms. The molecule has 2 amide bonds. The van der Waals surface area contributed by atoms with Crippen LogP contribution in [-0.4, -0.2) is 50.8 Å². The van der Waals surface area contributed by atoms with Crippen LogP contribution >= 0.6 is 0 Å². The maximum atomic E-state index is 12.5. The number of primary sulfonamides is 1. The summed E-state index contributed by atoms with van der Waals surface area (Å²) in [6.07, 6.45) is 1.42. The average Bonchev–Trinajstić information content (AvgIpc) is 2.64. The normalized spacial score (nSPS) is 17.0. The van der Waals surface area contributed by atoms with E-state index >= 15 is 0 Å². The van der Waals surface area contributed by atoms with Gasteiger partial charge < -0.3 is 10.6 Å². The lowest BCUT2D eigenvalue weighted by Crippen LogP contribution is -2.45. The smallest absolute Gasteiger partial charge is 0.238 e. The SMILES string of the molecule is Cc1cc(S(N)(=O)=O)cc(NC(=O)CN2CCC(C(=O)NC(C)C(C)C)CC2)c1C. The van der Waals surface area contributed by atoms with Gasteiger partial charge in [0, 0.05) is 17.6 Å². The molecule has 2 rings (SSSR count). The van der Waals surface area contributed by atoms with Gasteiger partial charge in [0.2, 0.25) is 21.8 Å². The number of sulfonamides is 1. The molecular formula is C21H34N4O4S. The Balaban J connectivity index is 1.92. The van der Waals surface area contributed by atoms with Crippen molar-refractivity contribution in [2.45, 2.75) is 58.4 Å². The minimum Gasteiger partial charge on any atom is -0.353 e. The van der Waals surface area contributed by atoms with Crippen LogP contribution in [0.25, 0.3) is 0 Å². The van der Waals surface area contributed by atoms with E-state index in [0.717, 1.165) is 11.1 Å². The summed E-state index contributed by atoms with van der Waals surface area (Å²) in [7, 11) is -3.86. The molecule has 0 saturated carbocycles. The van der Waals surface area contributed by atoms with Gasteiger partial charge in [0.05, 0.1) is 11.4 Å². The van der Waals surface area contributed by atoms with Crippen molar-refractivity contribution < 1.29 is 18.0 Å². The second-order valence-corrected chi connectivity index (χ2v) is 10.2. The van der Waals surface area contributed by atoms with E-state index in [0.29, 0.717) is 37.5 Å². The van der Waals surface area contributed by atoms with Crippen molar-refractivity contribution in [1.29, 1.82) is 0 Å². The van der Waals surface area contributed by atoms with Gasteiger partial charge in [-0.3, -0.25) is 14.5 Å². The summed E-state index contributed by atoms with van der Waals surface area (Å²) in [5.74, 6) is 0.228. The van der Waals surface area contributed by atoms with E-state index < -0.39 is 10.0 Å². The number of nitrogens with two attached hydrogens (primary N) is 1. The highest BCUT2D eigenvalue weighted by Gasteiger charge is 2.27. The Labute approximate surface area is 179 Å². The first-order valence-corrected chi connectivity index (χ1v) is 11.9. The van der Waals surface area contributed by atoms with E-state index in [1.807, 2.05) is 18.7 Å². The molecule has 1 aliphatic heterocycles. The largest absolute Gasteiger partial charge is 0.353 e. The number of carbonyl (C=O) groups excluding carboxylic acids is 2. The number of likely N-dealkylation sites (tertiary alicyclic amines) is 1. The Bertz CT molecular complexity index is 891. The minimum atomic E-state index is -3.86. The number of rotatable bonds is 7. The van der Waals surface area contributed by atoms with Crippen LogP contribution in [0, 0.1) is 25.7 Å². The molecule has 168 valence electrons. The fraction of sp³-hybridized carbons (Fsp3) is 0.619. The monoisotopic (exact) mass is 438 g/mol. The molecule has 0 bridgehead atoms. The molecule has 1 aromatic carbocycles. The molecule has 1 atom stereocenters. The number of amides is 2. The van der Waals surface area contributed by atoms with Gasteiger partial charge in [-0.25, -0.2) is 13.6 Å². The summed E-state index contributed by atoms with van der Waals surface area (Å²) >= 11 is 0. The van der Waals surface area contributed by atoms with Gasteiger partial charge in [-0.05, 0) is 75.9 Å². The summed E-state index contributed by atoms with van der Waals surface area (Å²) in [5, 5.41) is 11.1. The van der Waals surface area contributed by atoms with Crippen LogP contribution in [0.3, 0.4) is 0 Å². The van der Waals surface area contributed by atoms with Crippen molar-refractivity contribution in [3.8, 4) is 0 Å². The highest BCUT2D eigenvalue weighted by Crippen LogP contribution is 2.24. The van der Waals surface area contributed by atoms with Crippen molar-refractivity contribution in [2.24, 2.45) is 17.0 Å². The average molecular weight is 439 g/mol. The number of piperidine rings is 1. The molecular weight excluding hydrogens is 404 g/mol. The van der Waals surface area contributed by atoms with Crippen molar-refractivity contribution >= 4 is 27.5 Å². The lowest BCUT2D eigenvalue weighted by Gasteiger charge is -2.31. The van der Waals surface area contributed by atoms with E-state index in [1.54, 1.807) is 6.92 Å². The maximum Gasteiger partial charge on any atom is 0.238 e. The van der Waals surface area contributed by atoms with Gasteiger partial charge >= 0.3 is 0 Å². The van der Waals surface area contributed by atoms with Crippen LogP contribution in [0.2, 0.25) is 0 Å². The molecule has 1 unspecified atom stereocenters.